The van der Waals surface area contributed by atoms with Crippen LogP contribution in [0, 0.1) is 0 Å². The van der Waals surface area contributed by atoms with Crippen LogP contribution in [0.2, 0.25) is 0 Å². The van der Waals surface area contributed by atoms with E-state index >= 15 is 0 Å². The van der Waals surface area contributed by atoms with Crippen LogP contribution < -0.4 is 11.5 Å². The molecular weight excluding hydrogens is 356 g/mol. The van der Waals surface area contributed by atoms with Crippen LogP contribution in [-0.2, 0) is 17.1 Å². The molecule has 0 atom stereocenters. The Bertz CT molecular complexity index is 1150. The van der Waals surface area contributed by atoms with Crippen molar-refractivity contribution in [1.82, 2.24) is 0 Å². The van der Waals surface area contributed by atoms with Crippen molar-refractivity contribution in [2.75, 3.05) is 11.5 Å². The number of nitrogens with two attached hydrogens (primary N) is 2. The van der Waals surface area contributed by atoms with Gasteiger partial charge < -0.3 is 11.5 Å². The quantitative estimate of drug-likeness (QED) is 0.427. The van der Waals surface area contributed by atoms with Gasteiger partial charge in [0, 0.05) is 11.4 Å². The van der Waals surface area contributed by atoms with Gasteiger partial charge in [0.15, 0.2) is 0 Å². The molecule has 4 aromatic rings. The van der Waals surface area contributed by atoms with Crippen molar-refractivity contribution in [1.29, 1.82) is 0 Å². The van der Waals surface area contributed by atoms with Gasteiger partial charge in [-0.05, 0) is 63.2 Å². The average Bonchev–Trinajstić information content (AvgIpc) is 3.06. The van der Waals surface area contributed by atoms with Crippen molar-refractivity contribution < 1.29 is 5.11 Å². The summed E-state index contributed by atoms with van der Waals surface area (Å²) in [6, 6.07) is 30.5. The Kier molecular flexibility index (Phi) is 3.93. The van der Waals surface area contributed by atoms with Gasteiger partial charge in [0.1, 0.15) is 6.61 Å². The first kappa shape index (κ1) is 17.5. The van der Waals surface area contributed by atoms with Crippen LogP contribution in [0.25, 0.3) is 11.1 Å². The number of anilines is 2. The summed E-state index contributed by atoms with van der Waals surface area (Å²) >= 11 is 0. The van der Waals surface area contributed by atoms with Crippen LogP contribution in [0.1, 0.15) is 27.8 Å². The van der Waals surface area contributed by atoms with Crippen molar-refractivity contribution in [3.8, 4) is 11.1 Å². The van der Waals surface area contributed by atoms with Crippen molar-refractivity contribution in [2.24, 2.45) is 0 Å². The van der Waals surface area contributed by atoms with Gasteiger partial charge in [0.05, 0.1) is 5.41 Å². The topological polar surface area (TPSA) is 71.9 Å². The molecule has 4 aromatic carbocycles. The fraction of sp³-hybridized carbons (Fsp3) is 0.0769. The Hall–Kier alpha value is -3.56. The highest BCUT2D eigenvalue weighted by Crippen LogP contribution is 2.56. The summed E-state index contributed by atoms with van der Waals surface area (Å²) in [6.45, 7) is -0.253. The highest BCUT2D eigenvalue weighted by Gasteiger charge is 2.46. The molecule has 5 rings (SSSR count). The van der Waals surface area contributed by atoms with Gasteiger partial charge in [-0.1, -0.05) is 66.7 Å². The molecule has 0 aromatic heterocycles. The van der Waals surface area contributed by atoms with E-state index in [1.54, 1.807) is 0 Å². The molecule has 1 aliphatic carbocycles. The Morgan fingerprint density at radius 1 is 0.621 bits per heavy atom. The molecule has 0 bridgehead atoms. The van der Waals surface area contributed by atoms with Crippen molar-refractivity contribution in [3.63, 3.8) is 0 Å². The number of benzene rings is 4. The molecule has 0 heterocycles. The van der Waals surface area contributed by atoms with Crippen molar-refractivity contribution >= 4 is 11.4 Å². The molecule has 4 N–H and O–H groups in total. The largest absolute Gasteiger partial charge is 0.399 e. The zero-order chi connectivity index (χ0) is 20.0. The monoisotopic (exact) mass is 377 g/mol. The smallest absolute Gasteiger partial charge is 0.108 e. The first-order valence-electron chi connectivity index (χ1n) is 9.68. The molecule has 3 nitrogen and oxygen atoms in total. The third kappa shape index (κ3) is 2.41. The van der Waals surface area contributed by atoms with Gasteiger partial charge in [0.2, 0.25) is 0 Å². The fourth-order valence-electron chi connectivity index (χ4n) is 4.78. The molecular formula is C26H21N2O. The third-order valence-electron chi connectivity index (χ3n) is 6.00. The predicted molar refractivity (Wildman–Crippen MR) is 117 cm³/mol. The first-order valence-corrected chi connectivity index (χ1v) is 9.68. The van der Waals surface area contributed by atoms with Crippen LogP contribution in [0.15, 0.2) is 91.0 Å². The lowest BCUT2D eigenvalue weighted by molar-refractivity contribution is 0.178. The first-order chi connectivity index (χ1) is 14.2. The van der Waals surface area contributed by atoms with Crippen molar-refractivity contribution in [2.45, 2.75) is 12.0 Å². The molecule has 3 heteroatoms. The van der Waals surface area contributed by atoms with Gasteiger partial charge in [0.25, 0.3) is 0 Å². The maximum atomic E-state index is 12.0. The van der Waals surface area contributed by atoms with Crippen LogP contribution in [-0.4, -0.2) is 0 Å². The maximum Gasteiger partial charge on any atom is 0.108 e. The van der Waals surface area contributed by atoms with Gasteiger partial charge >= 0.3 is 0 Å². The minimum absolute atomic E-state index is 0.253. The van der Waals surface area contributed by atoms with Crippen molar-refractivity contribution in [3.05, 3.63) is 119 Å². The Labute approximate surface area is 170 Å². The summed E-state index contributed by atoms with van der Waals surface area (Å²) in [5.74, 6) is 0. The summed E-state index contributed by atoms with van der Waals surface area (Å²) in [7, 11) is 0. The van der Waals surface area contributed by atoms with E-state index in [-0.39, 0.29) is 6.61 Å². The Morgan fingerprint density at radius 3 is 1.76 bits per heavy atom. The predicted octanol–water partition coefficient (Wildman–Crippen LogP) is 5.14. The molecule has 0 amide bonds. The van der Waals surface area contributed by atoms with Gasteiger partial charge in [-0.15, -0.1) is 0 Å². The molecule has 141 valence electrons. The normalized spacial score (nSPS) is 13.7. The van der Waals surface area contributed by atoms with Crippen LogP contribution >= 0.6 is 0 Å². The zero-order valence-electron chi connectivity index (χ0n) is 15.9. The van der Waals surface area contributed by atoms with E-state index in [2.05, 4.69) is 48.5 Å². The second-order valence-electron chi connectivity index (χ2n) is 7.52. The van der Waals surface area contributed by atoms with Gasteiger partial charge in [-0.25, -0.2) is 5.11 Å². The van der Waals surface area contributed by atoms with Crippen LogP contribution in [0.4, 0.5) is 11.4 Å². The maximum absolute atomic E-state index is 12.0. The standard InChI is InChI=1S/C26H21N2O/c27-20-12-8-18(9-13-20)26(19-10-14-21(28)15-11-19)23-6-2-1-5-22(23)25-17(16-29)4-3-7-24(25)26/h1-15H,16,27-28H2. The number of hydrogen-bond acceptors (Lipinski definition) is 2. The van der Waals surface area contributed by atoms with Crippen LogP contribution in [0.3, 0.4) is 0 Å². The zero-order valence-corrected chi connectivity index (χ0v) is 15.9. The number of nitrogen functional groups attached to an aromatic ring is 2. The summed E-state index contributed by atoms with van der Waals surface area (Å²) in [5, 5.41) is 12.0. The Morgan fingerprint density at radius 2 is 1.17 bits per heavy atom. The molecule has 1 aliphatic rings. The summed E-state index contributed by atoms with van der Waals surface area (Å²) in [6.07, 6.45) is 0. The SMILES string of the molecule is Nc1ccc(C2(c3ccc(N)cc3)c3ccccc3-c3c(C[O])cccc32)cc1. The van der Waals surface area contributed by atoms with E-state index in [1.807, 2.05) is 42.5 Å². The summed E-state index contributed by atoms with van der Waals surface area (Å²) in [5.41, 5.74) is 20.4. The molecule has 0 fully saturated rings. The summed E-state index contributed by atoms with van der Waals surface area (Å²) in [4.78, 5) is 0. The fourth-order valence-corrected chi connectivity index (χ4v) is 4.78. The highest BCUT2D eigenvalue weighted by atomic mass is 16.3. The minimum atomic E-state index is -0.529. The molecule has 0 saturated carbocycles. The average molecular weight is 377 g/mol. The van der Waals surface area contributed by atoms with Gasteiger partial charge in [-0.2, -0.15) is 0 Å². The second kappa shape index (κ2) is 6.50. The number of fused-ring (bicyclic) bond motifs is 3. The summed E-state index contributed by atoms with van der Waals surface area (Å²) < 4.78 is 0. The van der Waals surface area contributed by atoms with Gasteiger partial charge in [-0.3, -0.25) is 0 Å². The van der Waals surface area contributed by atoms with Crippen LogP contribution in [0.5, 0.6) is 0 Å². The van der Waals surface area contributed by atoms with E-state index in [4.69, 9.17) is 11.5 Å². The number of rotatable bonds is 3. The minimum Gasteiger partial charge on any atom is -0.399 e. The van der Waals surface area contributed by atoms with E-state index in [9.17, 15) is 5.11 Å². The highest BCUT2D eigenvalue weighted by molar-refractivity contribution is 5.88. The van der Waals surface area contributed by atoms with E-state index < -0.39 is 5.41 Å². The molecule has 1 radical (unpaired) electrons. The molecule has 0 aliphatic heterocycles. The molecule has 0 spiro atoms. The van der Waals surface area contributed by atoms with E-state index in [0.29, 0.717) is 0 Å². The Balaban J connectivity index is 1.96. The second-order valence-corrected chi connectivity index (χ2v) is 7.52. The van der Waals surface area contributed by atoms with E-state index in [1.165, 1.54) is 5.56 Å². The van der Waals surface area contributed by atoms with E-state index in [0.717, 1.165) is 44.8 Å². The lowest BCUT2D eigenvalue weighted by Crippen LogP contribution is -2.28. The third-order valence-corrected chi connectivity index (χ3v) is 6.00. The number of hydrogen-bond donors (Lipinski definition) is 2. The molecule has 29 heavy (non-hydrogen) atoms. The molecule has 0 unspecified atom stereocenters. The molecule has 0 saturated heterocycles. The lowest BCUT2D eigenvalue weighted by atomic mass is 9.67. The lowest BCUT2D eigenvalue weighted by Gasteiger charge is -2.34.